The Morgan fingerprint density at radius 1 is 1.60 bits per heavy atom. The number of rotatable bonds is 4. The van der Waals surface area contributed by atoms with E-state index in [1.807, 2.05) is 13.0 Å². The quantitative estimate of drug-likeness (QED) is 0.792. The molecule has 15 heavy (non-hydrogen) atoms. The van der Waals surface area contributed by atoms with Gasteiger partial charge in [-0.25, -0.2) is 4.39 Å². The van der Waals surface area contributed by atoms with Crippen LogP contribution in [0, 0.1) is 23.1 Å². The van der Waals surface area contributed by atoms with Gasteiger partial charge in [0.2, 0.25) is 0 Å². The predicted molar refractivity (Wildman–Crippen MR) is 55.9 cm³/mol. The standard InChI is InChI=1S/C11H13FN2O/c1-8(7-15)6-14-11-3-2-9(5-13)4-10(11)12/h2-4,8,14-15H,6-7H2,1H3. The summed E-state index contributed by atoms with van der Waals surface area (Å²) < 4.78 is 13.3. The van der Waals surface area contributed by atoms with Crippen molar-refractivity contribution in [3.8, 4) is 6.07 Å². The molecule has 80 valence electrons. The van der Waals surface area contributed by atoms with Gasteiger partial charge in [0.05, 0.1) is 17.3 Å². The third-order valence-electron chi connectivity index (χ3n) is 2.05. The lowest BCUT2D eigenvalue weighted by molar-refractivity contribution is 0.244. The van der Waals surface area contributed by atoms with Gasteiger partial charge in [0.1, 0.15) is 5.82 Å². The van der Waals surface area contributed by atoms with E-state index in [1.54, 1.807) is 6.07 Å². The average Bonchev–Trinajstić information content (AvgIpc) is 2.26. The van der Waals surface area contributed by atoms with E-state index in [1.165, 1.54) is 12.1 Å². The van der Waals surface area contributed by atoms with Crippen LogP contribution >= 0.6 is 0 Å². The van der Waals surface area contributed by atoms with E-state index in [2.05, 4.69) is 5.32 Å². The zero-order chi connectivity index (χ0) is 11.3. The number of halogens is 1. The van der Waals surface area contributed by atoms with E-state index in [0.29, 0.717) is 17.8 Å². The molecule has 0 fully saturated rings. The van der Waals surface area contributed by atoms with Crippen molar-refractivity contribution in [1.29, 1.82) is 5.26 Å². The zero-order valence-electron chi connectivity index (χ0n) is 8.50. The molecule has 0 saturated carbocycles. The lowest BCUT2D eigenvalue weighted by Gasteiger charge is -2.11. The number of benzene rings is 1. The van der Waals surface area contributed by atoms with E-state index in [-0.39, 0.29) is 12.5 Å². The lowest BCUT2D eigenvalue weighted by atomic mass is 10.1. The summed E-state index contributed by atoms with van der Waals surface area (Å²) in [6, 6.07) is 6.13. The highest BCUT2D eigenvalue weighted by Crippen LogP contribution is 2.15. The minimum atomic E-state index is -0.445. The third kappa shape index (κ3) is 3.22. The predicted octanol–water partition coefficient (Wildman–Crippen LogP) is 1.74. The maximum atomic E-state index is 13.3. The van der Waals surface area contributed by atoms with E-state index >= 15 is 0 Å². The number of nitrogens with one attached hydrogen (secondary N) is 1. The maximum Gasteiger partial charge on any atom is 0.147 e. The van der Waals surface area contributed by atoms with Gasteiger partial charge < -0.3 is 10.4 Å². The Morgan fingerprint density at radius 3 is 2.87 bits per heavy atom. The number of hydrogen-bond acceptors (Lipinski definition) is 3. The van der Waals surface area contributed by atoms with Gasteiger partial charge >= 0.3 is 0 Å². The fraction of sp³-hybridized carbons (Fsp3) is 0.364. The Kier molecular flexibility index (Phi) is 4.07. The minimum absolute atomic E-state index is 0.0604. The Labute approximate surface area is 88.2 Å². The van der Waals surface area contributed by atoms with Crippen LogP contribution in [0.5, 0.6) is 0 Å². The highest BCUT2D eigenvalue weighted by atomic mass is 19.1. The molecular formula is C11H13FN2O. The second-order valence-electron chi connectivity index (χ2n) is 3.48. The largest absolute Gasteiger partial charge is 0.396 e. The first kappa shape index (κ1) is 11.5. The van der Waals surface area contributed by atoms with Crippen molar-refractivity contribution in [3.05, 3.63) is 29.6 Å². The molecule has 0 saturated heterocycles. The van der Waals surface area contributed by atoms with E-state index in [4.69, 9.17) is 10.4 Å². The molecule has 1 aromatic carbocycles. The van der Waals surface area contributed by atoms with Gasteiger partial charge in [0.15, 0.2) is 0 Å². The summed E-state index contributed by atoms with van der Waals surface area (Å²) in [4.78, 5) is 0. The molecule has 1 atom stereocenters. The molecule has 3 nitrogen and oxygen atoms in total. The van der Waals surface area contributed by atoms with Crippen LogP contribution in [-0.2, 0) is 0 Å². The maximum absolute atomic E-state index is 13.3. The van der Waals surface area contributed by atoms with Crippen molar-refractivity contribution in [2.24, 2.45) is 5.92 Å². The fourth-order valence-electron chi connectivity index (χ4n) is 1.08. The average molecular weight is 208 g/mol. The van der Waals surface area contributed by atoms with Gasteiger partial charge in [-0.1, -0.05) is 6.92 Å². The van der Waals surface area contributed by atoms with Gasteiger partial charge in [-0.3, -0.25) is 0 Å². The smallest absolute Gasteiger partial charge is 0.147 e. The number of hydrogen-bond donors (Lipinski definition) is 2. The van der Waals surface area contributed by atoms with Crippen molar-refractivity contribution in [1.82, 2.24) is 0 Å². The van der Waals surface area contributed by atoms with Crippen LogP contribution < -0.4 is 5.32 Å². The van der Waals surface area contributed by atoms with Crippen molar-refractivity contribution in [2.75, 3.05) is 18.5 Å². The van der Waals surface area contributed by atoms with Crippen molar-refractivity contribution in [2.45, 2.75) is 6.92 Å². The first-order valence-corrected chi connectivity index (χ1v) is 4.71. The third-order valence-corrected chi connectivity index (χ3v) is 2.05. The number of anilines is 1. The minimum Gasteiger partial charge on any atom is -0.396 e. The molecular weight excluding hydrogens is 195 g/mol. The topological polar surface area (TPSA) is 56.0 Å². The Morgan fingerprint density at radius 2 is 2.33 bits per heavy atom. The van der Waals surface area contributed by atoms with Crippen LogP contribution in [0.2, 0.25) is 0 Å². The number of aliphatic hydroxyl groups excluding tert-OH is 1. The number of nitrogens with zero attached hydrogens (tertiary/aromatic N) is 1. The van der Waals surface area contributed by atoms with Crippen molar-refractivity contribution >= 4 is 5.69 Å². The fourth-order valence-corrected chi connectivity index (χ4v) is 1.08. The van der Waals surface area contributed by atoms with Crippen LogP contribution in [0.1, 0.15) is 12.5 Å². The summed E-state index contributed by atoms with van der Waals surface area (Å²) in [6.07, 6.45) is 0. The molecule has 0 spiro atoms. The Balaban J connectivity index is 2.67. The Bertz CT molecular complexity index is 373. The molecule has 0 aromatic heterocycles. The Hall–Kier alpha value is -1.60. The van der Waals surface area contributed by atoms with Gasteiger partial charge in [-0.2, -0.15) is 5.26 Å². The summed E-state index contributed by atoms with van der Waals surface area (Å²) in [6.45, 7) is 2.42. The van der Waals surface area contributed by atoms with Crippen LogP contribution in [0.4, 0.5) is 10.1 Å². The van der Waals surface area contributed by atoms with Crippen molar-refractivity contribution < 1.29 is 9.50 Å². The van der Waals surface area contributed by atoms with E-state index in [0.717, 1.165) is 0 Å². The van der Waals surface area contributed by atoms with Crippen LogP contribution in [-0.4, -0.2) is 18.3 Å². The number of aliphatic hydroxyl groups is 1. The highest BCUT2D eigenvalue weighted by molar-refractivity contribution is 5.48. The molecule has 2 N–H and O–H groups in total. The van der Waals surface area contributed by atoms with Crippen LogP contribution in [0.3, 0.4) is 0 Å². The van der Waals surface area contributed by atoms with Gasteiger partial charge in [-0.05, 0) is 24.1 Å². The molecule has 1 unspecified atom stereocenters. The molecule has 1 rings (SSSR count). The number of nitriles is 1. The van der Waals surface area contributed by atoms with Crippen molar-refractivity contribution in [3.63, 3.8) is 0 Å². The molecule has 0 aliphatic heterocycles. The van der Waals surface area contributed by atoms with E-state index < -0.39 is 5.82 Å². The first-order valence-electron chi connectivity index (χ1n) is 4.71. The molecule has 0 bridgehead atoms. The molecule has 0 aliphatic carbocycles. The molecule has 1 aromatic rings. The normalized spacial score (nSPS) is 11.9. The summed E-state index contributed by atoms with van der Waals surface area (Å²) in [5.41, 5.74) is 0.655. The lowest BCUT2D eigenvalue weighted by Crippen LogP contribution is -2.15. The SMILES string of the molecule is CC(CO)CNc1ccc(C#N)cc1F. The molecule has 0 radical (unpaired) electrons. The summed E-state index contributed by atoms with van der Waals surface area (Å²) in [7, 11) is 0. The van der Waals surface area contributed by atoms with Gasteiger partial charge in [0.25, 0.3) is 0 Å². The summed E-state index contributed by atoms with van der Waals surface area (Å²) >= 11 is 0. The second-order valence-corrected chi connectivity index (χ2v) is 3.48. The summed E-state index contributed by atoms with van der Waals surface area (Å²) in [5.74, 6) is -0.376. The molecule has 0 aliphatic rings. The molecule has 0 heterocycles. The molecule has 4 heteroatoms. The molecule has 0 amide bonds. The second kappa shape index (κ2) is 5.32. The van der Waals surface area contributed by atoms with Crippen LogP contribution in [0.25, 0.3) is 0 Å². The zero-order valence-corrected chi connectivity index (χ0v) is 8.50. The van der Waals surface area contributed by atoms with Crippen LogP contribution in [0.15, 0.2) is 18.2 Å². The highest BCUT2D eigenvalue weighted by Gasteiger charge is 2.04. The van der Waals surface area contributed by atoms with Gasteiger partial charge in [0, 0.05) is 13.2 Å². The van der Waals surface area contributed by atoms with Gasteiger partial charge in [-0.15, -0.1) is 0 Å². The summed E-state index contributed by atoms with van der Waals surface area (Å²) in [5, 5.41) is 20.2. The monoisotopic (exact) mass is 208 g/mol. The first-order chi connectivity index (χ1) is 7.17. The van der Waals surface area contributed by atoms with E-state index in [9.17, 15) is 4.39 Å².